The third-order valence-electron chi connectivity index (χ3n) is 7.07. The summed E-state index contributed by atoms with van der Waals surface area (Å²) in [6.07, 6.45) is 2.29. The Labute approximate surface area is 196 Å². The molecule has 0 radical (unpaired) electrons. The zero-order valence-electron chi connectivity index (χ0n) is 20.3. The Morgan fingerprint density at radius 3 is 1.79 bits per heavy atom. The quantitative estimate of drug-likeness (QED) is 0.148. The first-order valence-corrected chi connectivity index (χ1v) is 12.1. The largest absolute Gasteiger partial charge is 0.465 e. The van der Waals surface area contributed by atoms with Gasteiger partial charge in [-0.05, 0) is 45.2 Å². The molecule has 3 rings (SSSR count). The van der Waals surface area contributed by atoms with Crippen LogP contribution in [0, 0.1) is 17.3 Å². The molecule has 0 amide bonds. The van der Waals surface area contributed by atoms with Gasteiger partial charge in [-0.2, -0.15) is 0 Å². The summed E-state index contributed by atoms with van der Waals surface area (Å²) in [5, 5.41) is 0. The highest BCUT2D eigenvalue weighted by Gasteiger charge is 2.45. The van der Waals surface area contributed by atoms with Gasteiger partial charge in [0, 0.05) is 43.7 Å². The molecule has 0 spiro atoms. The molecule has 186 valence electrons. The first-order chi connectivity index (χ1) is 15.7. The number of carbonyl (C=O) groups is 3. The van der Waals surface area contributed by atoms with Crippen LogP contribution in [0.1, 0.15) is 52.9 Å². The van der Waals surface area contributed by atoms with Crippen molar-refractivity contribution < 1.29 is 28.6 Å². The molecular weight excluding hydrogens is 426 g/mol. The average molecular weight is 466 g/mol. The number of nitrogens with zero attached hydrogens (tertiary/aromatic N) is 3. The molecule has 0 aromatic carbocycles. The van der Waals surface area contributed by atoms with E-state index in [2.05, 4.69) is 42.3 Å². The monoisotopic (exact) mass is 465 g/mol. The van der Waals surface area contributed by atoms with Gasteiger partial charge in [0.05, 0.1) is 19.3 Å². The van der Waals surface area contributed by atoms with E-state index in [4.69, 9.17) is 14.2 Å². The Morgan fingerprint density at radius 2 is 1.39 bits per heavy atom. The molecule has 2 saturated heterocycles. The van der Waals surface area contributed by atoms with Crippen LogP contribution in [0.15, 0.2) is 4.99 Å². The fraction of sp³-hybridized carbons (Fsp3) is 0.833. The molecule has 0 bridgehead atoms. The first-order valence-electron chi connectivity index (χ1n) is 12.1. The Balaban J connectivity index is 1.59. The topological polar surface area (TPSA) is 97.3 Å². The number of rotatable bonds is 16. The Hall–Kier alpha value is -2.00. The summed E-state index contributed by atoms with van der Waals surface area (Å²) in [4.78, 5) is 45.3. The SMILES string of the molecule is C=NCOC(=O)CC(COC(=O)CCN1CC1C)(COC(=O)CCN1CC1C)CC1CC1C. The van der Waals surface area contributed by atoms with E-state index < -0.39 is 11.4 Å². The fourth-order valence-electron chi connectivity index (χ4n) is 4.34. The summed E-state index contributed by atoms with van der Waals surface area (Å²) in [5.74, 6) is -0.117. The van der Waals surface area contributed by atoms with Crippen LogP contribution in [0.4, 0.5) is 0 Å². The molecule has 3 aliphatic rings. The molecule has 9 heteroatoms. The maximum Gasteiger partial charge on any atom is 0.308 e. The van der Waals surface area contributed by atoms with Crippen LogP contribution in [-0.4, -0.2) is 92.6 Å². The van der Waals surface area contributed by atoms with E-state index in [1.165, 1.54) is 0 Å². The molecular formula is C24H39N3O6. The molecule has 33 heavy (non-hydrogen) atoms. The second-order valence-electron chi connectivity index (χ2n) is 10.2. The zero-order chi connectivity index (χ0) is 24.0. The number of esters is 3. The van der Waals surface area contributed by atoms with Crippen molar-refractivity contribution in [3.63, 3.8) is 0 Å². The highest BCUT2D eigenvalue weighted by molar-refractivity contribution is 5.72. The first kappa shape index (κ1) is 25.6. The lowest BCUT2D eigenvalue weighted by atomic mass is 9.80. The van der Waals surface area contributed by atoms with E-state index in [0.29, 0.717) is 56.3 Å². The highest BCUT2D eigenvalue weighted by atomic mass is 16.6. The highest BCUT2D eigenvalue weighted by Crippen LogP contribution is 2.47. The van der Waals surface area contributed by atoms with Crippen molar-refractivity contribution >= 4 is 24.6 Å². The van der Waals surface area contributed by atoms with Crippen molar-refractivity contribution in [2.24, 2.45) is 22.2 Å². The van der Waals surface area contributed by atoms with Gasteiger partial charge in [-0.25, -0.2) is 0 Å². The molecule has 0 aromatic heterocycles. The molecule has 2 aliphatic heterocycles. The van der Waals surface area contributed by atoms with Crippen LogP contribution in [0.25, 0.3) is 0 Å². The van der Waals surface area contributed by atoms with Gasteiger partial charge in [0.15, 0.2) is 6.73 Å². The van der Waals surface area contributed by atoms with E-state index in [0.717, 1.165) is 19.5 Å². The van der Waals surface area contributed by atoms with Gasteiger partial charge in [0.1, 0.15) is 13.2 Å². The third-order valence-corrected chi connectivity index (χ3v) is 7.07. The van der Waals surface area contributed by atoms with Gasteiger partial charge in [-0.15, -0.1) is 0 Å². The lowest BCUT2D eigenvalue weighted by Crippen LogP contribution is -2.38. The molecule has 6 unspecified atom stereocenters. The van der Waals surface area contributed by atoms with Gasteiger partial charge in [0.25, 0.3) is 0 Å². The molecule has 3 fully saturated rings. The second-order valence-corrected chi connectivity index (χ2v) is 10.2. The van der Waals surface area contributed by atoms with Crippen molar-refractivity contribution in [3.8, 4) is 0 Å². The van der Waals surface area contributed by atoms with E-state index in [-0.39, 0.29) is 38.3 Å². The normalized spacial score (nSPS) is 31.1. The number of aliphatic imine (C=N–C) groups is 1. The van der Waals surface area contributed by atoms with Crippen LogP contribution in [0.2, 0.25) is 0 Å². The minimum absolute atomic E-state index is 0.00137. The average Bonchev–Trinajstić information content (AvgIpc) is 3.72. The molecule has 2 heterocycles. The summed E-state index contributed by atoms with van der Waals surface area (Å²) in [6, 6.07) is 1.05. The maximum absolute atomic E-state index is 12.5. The third kappa shape index (κ3) is 8.70. The van der Waals surface area contributed by atoms with E-state index in [1.54, 1.807) is 0 Å². The van der Waals surface area contributed by atoms with Crippen molar-refractivity contribution in [1.82, 2.24) is 9.80 Å². The summed E-state index contributed by atoms with van der Waals surface area (Å²) >= 11 is 0. The van der Waals surface area contributed by atoms with Gasteiger partial charge < -0.3 is 14.2 Å². The van der Waals surface area contributed by atoms with Crippen molar-refractivity contribution in [1.29, 1.82) is 0 Å². The lowest BCUT2D eigenvalue weighted by molar-refractivity contribution is -0.162. The minimum Gasteiger partial charge on any atom is -0.465 e. The predicted octanol–water partition coefficient (Wildman–Crippen LogP) is 1.89. The van der Waals surface area contributed by atoms with Crippen LogP contribution in [0.3, 0.4) is 0 Å². The van der Waals surface area contributed by atoms with E-state index in [9.17, 15) is 14.4 Å². The molecule has 0 N–H and O–H groups in total. The summed E-state index contributed by atoms with van der Waals surface area (Å²) in [7, 11) is 0. The zero-order valence-corrected chi connectivity index (χ0v) is 20.3. The predicted molar refractivity (Wildman–Crippen MR) is 123 cm³/mol. The Kier molecular flexibility index (Phi) is 8.87. The summed E-state index contributed by atoms with van der Waals surface area (Å²) in [6.45, 7) is 13.0. The maximum atomic E-state index is 12.5. The van der Waals surface area contributed by atoms with Crippen molar-refractivity contribution in [3.05, 3.63) is 0 Å². The van der Waals surface area contributed by atoms with Gasteiger partial charge in [0.2, 0.25) is 0 Å². The van der Waals surface area contributed by atoms with Crippen LogP contribution >= 0.6 is 0 Å². The Bertz CT molecular complexity index is 693. The molecule has 9 nitrogen and oxygen atoms in total. The van der Waals surface area contributed by atoms with Crippen molar-refractivity contribution in [2.75, 3.05) is 46.1 Å². The molecule has 1 saturated carbocycles. The fourth-order valence-corrected chi connectivity index (χ4v) is 4.34. The van der Waals surface area contributed by atoms with E-state index >= 15 is 0 Å². The Morgan fingerprint density at radius 1 is 0.909 bits per heavy atom. The number of hydrogen-bond acceptors (Lipinski definition) is 9. The smallest absolute Gasteiger partial charge is 0.308 e. The van der Waals surface area contributed by atoms with E-state index in [1.807, 2.05) is 0 Å². The molecule has 6 atom stereocenters. The van der Waals surface area contributed by atoms with Gasteiger partial charge in [-0.1, -0.05) is 6.92 Å². The minimum atomic E-state index is -0.806. The summed E-state index contributed by atoms with van der Waals surface area (Å²) in [5.41, 5.74) is -0.806. The second kappa shape index (κ2) is 11.4. The van der Waals surface area contributed by atoms with Crippen LogP contribution in [-0.2, 0) is 28.6 Å². The van der Waals surface area contributed by atoms with Gasteiger partial charge in [-0.3, -0.25) is 29.2 Å². The molecule has 1 aliphatic carbocycles. The van der Waals surface area contributed by atoms with Crippen molar-refractivity contribution in [2.45, 2.75) is 65.0 Å². The van der Waals surface area contributed by atoms with Crippen LogP contribution in [0.5, 0.6) is 0 Å². The number of ether oxygens (including phenoxy) is 3. The lowest BCUT2D eigenvalue weighted by Gasteiger charge is -2.32. The number of hydrogen-bond donors (Lipinski definition) is 0. The summed E-state index contributed by atoms with van der Waals surface area (Å²) < 4.78 is 16.4. The van der Waals surface area contributed by atoms with Gasteiger partial charge >= 0.3 is 17.9 Å². The molecule has 0 aromatic rings. The standard InChI is InChI=1S/C24H39N3O6/c1-17-9-20(17)10-24(11-23(30)33-16-25-4,14-31-21(28)5-7-26-12-18(26)2)15-32-22(29)6-8-27-13-19(27)3/h17-20H,4-16H2,1-3H3. The van der Waals surface area contributed by atoms with Crippen LogP contribution < -0.4 is 0 Å². The number of carbonyl (C=O) groups excluding carboxylic acids is 3.